The topological polar surface area (TPSA) is 93.3 Å². The van der Waals surface area contributed by atoms with Gasteiger partial charge in [-0.15, -0.1) is 11.3 Å². The maximum atomic E-state index is 13.8. The van der Waals surface area contributed by atoms with Crippen LogP contribution >= 0.6 is 11.3 Å². The Balaban J connectivity index is 2.01. The molecule has 0 atom stereocenters. The molecular weight excluding hydrogens is 486 g/mol. The number of hydrogen-bond donors (Lipinski definition) is 1. The van der Waals surface area contributed by atoms with Gasteiger partial charge in [0.25, 0.3) is 11.5 Å². The van der Waals surface area contributed by atoms with Crippen LogP contribution < -0.4 is 29.5 Å². The van der Waals surface area contributed by atoms with Gasteiger partial charge in [0.15, 0.2) is 5.57 Å². The normalized spacial score (nSPS) is 12.0. The fraction of sp³-hybridized carbons (Fsp3) is 0.138. The van der Waals surface area contributed by atoms with Gasteiger partial charge in [-0.2, -0.15) is 5.26 Å². The molecule has 1 heterocycles. The first-order valence-corrected chi connectivity index (χ1v) is 12.2. The molecule has 0 fully saturated rings. The molecule has 0 aliphatic heterocycles. The molecule has 1 N–H and O–H groups in total. The number of benzene rings is 3. The zero-order valence-corrected chi connectivity index (χ0v) is 21.7. The Kier molecular flexibility index (Phi) is 7.56. The second-order valence-electron chi connectivity index (χ2n) is 8.26. The molecule has 0 saturated heterocycles. The molecule has 7 nitrogen and oxygen atoms in total. The first-order chi connectivity index (χ1) is 17.9. The summed E-state index contributed by atoms with van der Waals surface area (Å²) in [6.07, 6.45) is 1.68. The maximum absolute atomic E-state index is 13.8. The van der Waals surface area contributed by atoms with Crippen molar-refractivity contribution in [2.75, 3.05) is 19.5 Å². The van der Waals surface area contributed by atoms with E-state index in [9.17, 15) is 14.9 Å². The van der Waals surface area contributed by atoms with Crippen LogP contribution in [0.3, 0.4) is 0 Å². The van der Waals surface area contributed by atoms with Gasteiger partial charge in [-0.25, -0.2) is 0 Å². The fourth-order valence-corrected chi connectivity index (χ4v) is 4.97. The predicted molar refractivity (Wildman–Crippen MR) is 146 cm³/mol. The molecule has 0 radical (unpaired) electrons. The number of thiazole rings is 1. The number of nitrogens with one attached hydrogen (secondary N) is 1. The van der Waals surface area contributed by atoms with Gasteiger partial charge in [-0.1, -0.05) is 30.3 Å². The Morgan fingerprint density at radius 1 is 1.03 bits per heavy atom. The molecule has 0 aliphatic carbocycles. The monoisotopic (exact) mass is 511 g/mol. The van der Waals surface area contributed by atoms with Crippen LogP contribution in [0.25, 0.3) is 17.3 Å². The van der Waals surface area contributed by atoms with Gasteiger partial charge < -0.3 is 14.8 Å². The molecule has 0 aliphatic rings. The minimum absolute atomic E-state index is 0.163. The maximum Gasteiger partial charge on any atom is 0.273 e. The van der Waals surface area contributed by atoms with Crippen molar-refractivity contribution in [2.45, 2.75) is 13.8 Å². The number of aryl methyl sites for hydroxylation is 2. The number of para-hydroxylation sites is 1. The van der Waals surface area contributed by atoms with Crippen LogP contribution in [0.15, 0.2) is 71.5 Å². The second kappa shape index (κ2) is 11.0. The van der Waals surface area contributed by atoms with Crippen LogP contribution in [0.2, 0.25) is 0 Å². The summed E-state index contributed by atoms with van der Waals surface area (Å²) in [6, 6.07) is 21.9. The molecular formula is C29H25N3O4S. The lowest BCUT2D eigenvalue weighted by Gasteiger charge is -2.08. The summed E-state index contributed by atoms with van der Waals surface area (Å²) in [7, 11) is 3.10. The molecule has 8 heteroatoms. The van der Waals surface area contributed by atoms with Crippen LogP contribution in [0.5, 0.6) is 11.5 Å². The lowest BCUT2D eigenvalue weighted by molar-refractivity contribution is -0.111. The Labute approximate surface area is 218 Å². The highest BCUT2D eigenvalue weighted by Gasteiger charge is 2.18. The number of carbonyl (C=O) groups excluding carboxylic acids is 1. The van der Waals surface area contributed by atoms with E-state index in [1.807, 2.05) is 56.3 Å². The third-order valence-corrected chi connectivity index (χ3v) is 6.82. The number of nitriles is 1. The highest BCUT2D eigenvalue weighted by molar-refractivity contribution is 7.07. The van der Waals surface area contributed by atoms with Crippen LogP contribution in [-0.2, 0) is 4.79 Å². The van der Waals surface area contributed by atoms with Crippen molar-refractivity contribution in [1.82, 2.24) is 4.57 Å². The number of rotatable bonds is 6. The van der Waals surface area contributed by atoms with E-state index in [0.717, 1.165) is 22.5 Å². The van der Waals surface area contributed by atoms with Crippen molar-refractivity contribution in [2.24, 2.45) is 0 Å². The highest BCUT2D eigenvalue weighted by atomic mass is 32.1. The van der Waals surface area contributed by atoms with Crippen LogP contribution in [0.4, 0.5) is 5.69 Å². The smallest absolute Gasteiger partial charge is 0.273 e. The van der Waals surface area contributed by atoms with Crippen LogP contribution in [-0.4, -0.2) is 24.7 Å². The summed E-state index contributed by atoms with van der Waals surface area (Å²) in [6.45, 7) is 3.78. The van der Waals surface area contributed by atoms with Gasteiger partial charge >= 0.3 is 0 Å². The molecule has 37 heavy (non-hydrogen) atoms. The number of methoxy groups -OCH3 is 2. The molecule has 1 amide bonds. The van der Waals surface area contributed by atoms with E-state index in [1.54, 1.807) is 50.6 Å². The first kappa shape index (κ1) is 25.5. The third kappa shape index (κ3) is 5.32. The Morgan fingerprint density at radius 3 is 2.49 bits per heavy atom. The van der Waals surface area contributed by atoms with E-state index in [4.69, 9.17) is 9.47 Å². The van der Waals surface area contributed by atoms with Crippen molar-refractivity contribution >= 4 is 34.6 Å². The van der Waals surface area contributed by atoms with E-state index in [-0.39, 0.29) is 15.8 Å². The van der Waals surface area contributed by atoms with E-state index < -0.39 is 5.91 Å². The average molecular weight is 512 g/mol. The molecule has 0 spiro atoms. The van der Waals surface area contributed by atoms with Crippen molar-refractivity contribution in [3.63, 3.8) is 0 Å². The summed E-state index contributed by atoms with van der Waals surface area (Å²) < 4.78 is 12.8. The van der Waals surface area contributed by atoms with E-state index >= 15 is 0 Å². The number of amides is 1. The SMILES string of the molecule is COc1ccc(OC)c(/C=c2\s/c(=C(/C#N)C(=O)Nc3cccc(C)c3)n(-c3ccccc3C)c2=O)c1. The number of carbonyl (C=O) groups is 1. The summed E-state index contributed by atoms with van der Waals surface area (Å²) in [5.41, 5.74) is 3.06. The molecule has 1 aromatic heterocycles. The van der Waals surface area contributed by atoms with Crippen molar-refractivity contribution in [1.29, 1.82) is 5.26 Å². The summed E-state index contributed by atoms with van der Waals surface area (Å²) in [4.78, 5) is 27.0. The minimum Gasteiger partial charge on any atom is -0.497 e. The number of anilines is 1. The average Bonchev–Trinajstić information content (AvgIpc) is 3.19. The molecule has 0 bridgehead atoms. The Hall–Kier alpha value is -4.61. The number of hydrogen-bond acceptors (Lipinski definition) is 6. The quantitative estimate of drug-likeness (QED) is 0.426. The lowest BCUT2D eigenvalue weighted by atomic mass is 10.1. The van der Waals surface area contributed by atoms with Gasteiger partial charge in [0.2, 0.25) is 0 Å². The molecule has 4 rings (SSSR count). The van der Waals surface area contributed by atoms with Gasteiger partial charge in [0, 0.05) is 11.3 Å². The lowest BCUT2D eigenvalue weighted by Crippen LogP contribution is -2.32. The third-order valence-electron chi connectivity index (χ3n) is 5.73. The van der Waals surface area contributed by atoms with Crippen molar-refractivity contribution < 1.29 is 14.3 Å². The first-order valence-electron chi connectivity index (χ1n) is 11.4. The highest BCUT2D eigenvalue weighted by Crippen LogP contribution is 2.24. The summed E-state index contributed by atoms with van der Waals surface area (Å²) in [5.74, 6) is 0.561. The molecule has 186 valence electrons. The summed E-state index contributed by atoms with van der Waals surface area (Å²) in [5, 5.41) is 12.8. The second-order valence-corrected chi connectivity index (χ2v) is 9.29. The zero-order chi connectivity index (χ0) is 26.5. The van der Waals surface area contributed by atoms with Gasteiger partial charge in [0.05, 0.1) is 24.4 Å². The van der Waals surface area contributed by atoms with Crippen molar-refractivity contribution in [3.8, 4) is 23.3 Å². The van der Waals surface area contributed by atoms with Crippen LogP contribution in [0, 0.1) is 25.2 Å². The molecule has 0 unspecified atom stereocenters. The minimum atomic E-state index is -0.595. The van der Waals surface area contributed by atoms with E-state index in [0.29, 0.717) is 33.0 Å². The van der Waals surface area contributed by atoms with E-state index in [1.165, 1.54) is 4.57 Å². The Bertz CT molecular complexity index is 1710. The predicted octanol–water partition coefficient (Wildman–Crippen LogP) is 3.67. The van der Waals surface area contributed by atoms with Gasteiger partial charge in [-0.05, 0) is 67.4 Å². The summed E-state index contributed by atoms with van der Waals surface area (Å²) >= 11 is 1.07. The molecule has 3 aromatic carbocycles. The van der Waals surface area contributed by atoms with E-state index in [2.05, 4.69) is 5.32 Å². The van der Waals surface area contributed by atoms with Gasteiger partial charge in [-0.3, -0.25) is 14.2 Å². The largest absolute Gasteiger partial charge is 0.497 e. The van der Waals surface area contributed by atoms with Crippen LogP contribution in [0.1, 0.15) is 16.7 Å². The fourth-order valence-electron chi connectivity index (χ4n) is 3.89. The number of aromatic nitrogens is 1. The number of nitrogens with zero attached hydrogens (tertiary/aromatic N) is 2. The number of ether oxygens (including phenoxy) is 2. The molecule has 0 saturated carbocycles. The zero-order valence-electron chi connectivity index (χ0n) is 20.9. The Morgan fingerprint density at radius 2 is 1.81 bits per heavy atom. The van der Waals surface area contributed by atoms with Gasteiger partial charge in [0.1, 0.15) is 22.2 Å². The standard InChI is InChI=1S/C29H25N3O4S/c1-18-8-7-10-21(14-18)31-27(33)23(17-30)29-32(24-11-6-5-9-19(24)2)28(34)26(37-29)16-20-15-22(35-3)12-13-25(20)36-4/h5-16H,1-4H3,(H,31,33)/b26-16-,29-23-. The van der Waals surface area contributed by atoms with Crippen molar-refractivity contribution in [3.05, 3.63) is 103 Å². The molecule has 4 aromatic rings.